The number of quaternary nitrogens is 1. The van der Waals surface area contributed by atoms with Gasteiger partial charge in [0.2, 0.25) is 0 Å². The summed E-state index contributed by atoms with van der Waals surface area (Å²) in [6.07, 6.45) is 0.608. The van der Waals surface area contributed by atoms with Crippen molar-refractivity contribution in [3.05, 3.63) is 71.8 Å². The summed E-state index contributed by atoms with van der Waals surface area (Å²) in [6, 6.07) is 18.9. The summed E-state index contributed by atoms with van der Waals surface area (Å²) in [6.45, 7) is 6.02. The molecule has 1 amide bonds. The highest BCUT2D eigenvalue weighted by atomic mass is 16.6. The summed E-state index contributed by atoms with van der Waals surface area (Å²) in [5, 5.41) is 31.4. The fourth-order valence-electron chi connectivity index (χ4n) is 3.91. The first kappa shape index (κ1) is 25.7. The highest BCUT2D eigenvalue weighted by molar-refractivity contribution is 5.76. The maximum atomic E-state index is 12.6. The van der Waals surface area contributed by atoms with Crippen molar-refractivity contribution >= 4 is 12.0 Å². The van der Waals surface area contributed by atoms with E-state index in [2.05, 4.69) is 10.4 Å². The number of benzene rings is 2. The summed E-state index contributed by atoms with van der Waals surface area (Å²) >= 11 is 0. The number of aliphatic hydroxyl groups excluding tert-OH is 1. The molecular weight excluding hydrogens is 430 g/mol. The number of hydrogen-bond donors (Lipinski definition) is 2. The number of alkyl carbamates (subject to hydrolysis) is 1. The molecule has 184 valence electrons. The maximum absolute atomic E-state index is 12.6. The van der Waals surface area contributed by atoms with Gasteiger partial charge in [0, 0.05) is 11.5 Å². The van der Waals surface area contributed by atoms with Gasteiger partial charge in [0.15, 0.2) is 0 Å². The zero-order chi connectivity index (χ0) is 24.8. The lowest BCUT2D eigenvalue weighted by Gasteiger charge is -2.35. The Bertz CT molecular complexity index is 955. The van der Waals surface area contributed by atoms with Gasteiger partial charge in [-0.2, -0.15) is 4.59 Å². The van der Waals surface area contributed by atoms with E-state index in [0.717, 1.165) is 24.0 Å². The van der Waals surface area contributed by atoms with Crippen LogP contribution in [0.15, 0.2) is 65.8 Å². The van der Waals surface area contributed by atoms with Gasteiger partial charge in [0.05, 0.1) is 13.1 Å². The Hall–Kier alpha value is -2.90. The molecule has 0 heterocycles. The average molecular weight is 468 g/mol. The highest BCUT2D eigenvalue weighted by Gasteiger charge is 2.34. The zero-order valence-corrected chi connectivity index (χ0v) is 20.6. The summed E-state index contributed by atoms with van der Waals surface area (Å²) in [5.41, 5.74) is 1.34. The first-order valence-electron chi connectivity index (χ1n) is 11.9. The van der Waals surface area contributed by atoms with Crippen LogP contribution in [0.5, 0.6) is 0 Å². The number of carbonyl (C=O) groups excluding carboxylic acids is 1. The van der Waals surface area contributed by atoms with E-state index in [4.69, 9.17) is 4.74 Å². The Kier molecular flexibility index (Phi) is 8.33. The summed E-state index contributed by atoms with van der Waals surface area (Å²) < 4.78 is 5.44. The van der Waals surface area contributed by atoms with E-state index < -0.39 is 23.8 Å². The second-order valence-corrected chi connectivity index (χ2v) is 10.4. The van der Waals surface area contributed by atoms with E-state index in [0.29, 0.717) is 13.0 Å². The molecule has 1 fully saturated rings. The zero-order valence-electron chi connectivity index (χ0n) is 20.6. The number of nitrogens with one attached hydrogen (secondary N) is 1. The minimum atomic E-state index is -0.961. The SMILES string of the molecule is CC(C)(C)OC(=O)N[C@@H](Cc1ccccc1)[C@@H](O)C[N+](C)(Cc1ccccc1)/N=C(\[O-])C1CC1. The lowest BCUT2D eigenvalue weighted by molar-refractivity contribution is -0.933. The van der Waals surface area contributed by atoms with E-state index >= 15 is 0 Å². The number of likely N-dealkylation sites (N-methyl/N-ethyl adjacent to an activating group) is 1. The monoisotopic (exact) mass is 467 g/mol. The summed E-state index contributed by atoms with van der Waals surface area (Å²) in [5.74, 6) is -0.129. The van der Waals surface area contributed by atoms with Crippen LogP contribution in [0.25, 0.3) is 0 Å². The largest absolute Gasteiger partial charge is 0.858 e. The van der Waals surface area contributed by atoms with Crippen LogP contribution in [0.4, 0.5) is 4.79 Å². The van der Waals surface area contributed by atoms with Crippen LogP contribution in [0.1, 0.15) is 44.7 Å². The average Bonchev–Trinajstić information content (AvgIpc) is 3.58. The van der Waals surface area contributed by atoms with E-state index in [1.54, 1.807) is 20.8 Å². The second-order valence-electron chi connectivity index (χ2n) is 10.4. The van der Waals surface area contributed by atoms with E-state index in [9.17, 15) is 15.0 Å². The van der Waals surface area contributed by atoms with Crippen molar-refractivity contribution in [2.45, 2.75) is 64.3 Å². The molecule has 7 nitrogen and oxygen atoms in total. The molecule has 3 atom stereocenters. The highest BCUT2D eigenvalue weighted by Crippen LogP contribution is 2.30. The van der Waals surface area contributed by atoms with Gasteiger partial charge in [-0.25, -0.2) is 4.79 Å². The van der Waals surface area contributed by atoms with Gasteiger partial charge in [-0.05, 0) is 51.5 Å². The van der Waals surface area contributed by atoms with Gasteiger partial charge >= 0.3 is 6.09 Å². The van der Waals surface area contributed by atoms with Crippen molar-refractivity contribution in [1.82, 2.24) is 5.32 Å². The minimum Gasteiger partial charge on any atom is -0.858 e. The Balaban J connectivity index is 1.82. The van der Waals surface area contributed by atoms with Gasteiger partial charge in [-0.15, -0.1) is 5.10 Å². The molecule has 34 heavy (non-hydrogen) atoms. The lowest BCUT2D eigenvalue weighted by Crippen LogP contribution is -2.54. The molecule has 2 aromatic carbocycles. The van der Waals surface area contributed by atoms with Gasteiger partial charge in [-0.1, -0.05) is 60.7 Å². The van der Waals surface area contributed by atoms with E-state index in [1.165, 1.54) is 0 Å². The maximum Gasteiger partial charge on any atom is 0.407 e. The number of ether oxygens (including phenoxy) is 1. The molecule has 2 N–H and O–H groups in total. The normalized spacial score (nSPS) is 18.0. The van der Waals surface area contributed by atoms with Crippen molar-refractivity contribution < 1.29 is 24.3 Å². The van der Waals surface area contributed by atoms with Crippen molar-refractivity contribution in [2.75, 3.05) is 13.6 Å². The molecule has 0 saturated heterocycles. The third kappa shape index (κ3) is 8.47. The Labute approximate surface area is 202 Å². The third-order valence-corrected chi connectivity index (χ3v) is 5.68. The molecule has 1 aliphatic rings. The molecule has 3 rings (SSSR count). The third-order valence-electron chi connectivity index (χ3n) is 5.68. The van der Waals surface area contributed by atoms with E-state index in [1.807, 2.05) is 67.7 Å². The molecule has 0 bridgehead atoms. The number of hydrogen-bond acceptors (Lipinski definition) is 5. The number of aliphatic hydroxyl groups is 1. The molecule has 1 saturated carbocycles. The molecule has 7 heteroatoms. The predicted octanol–water partition coefficient (Wildman–Crippen LogP) is 3.21. The summed E-state index contributed by atoms with van der Waals surface area (Å²) in [4.78, 5) is 12.6. The number of carbonyl (C=O) groups is 1. The van der Waals surface area contributed by atoms with Crippen LogP contribution >= 0.6 is 0 Å². The fraction of sp³-hybridized carbons (Fsp3) is 0.481. The van der Waals surface area contributed by atoms with Gasteiger partial charge < -0.3 is 20.3 Å². The number of rotatable bonds is 10. The Morgan fingerprint density at radius 2 is 1.68 bits per heavy atom. The van der Waals surface area contributed by atoms with Crippen molar-refractivity contribution in [3.8, 4) is 0 Å². The smallest absolute Gasteiger partial charge is 0.407 e. The second kappa shape index (κ2) is 11.0. The first-order chi connectivity index (χ1) is 16.0. The van der Waals surface area contributed by atoms with Crippen LogP contribution in [-0.4, -0.2) is 53.0 Å². The van der Waals surface area contributed by atoms with Crippen LogP contribution in [0, 0.1) is 5.92 Å². The molecule has 0 radical (unpaired) electrons. The quantitative estimate of drug-likeness (QED) is 0.243. The molecule has 2 aromatic rings. The first-order valence-corrected chi connectivity index (χ1v) is 11.9. The Morgan fingerprint density at radius 3 is 2.21 bits per heavy atom. The molecule has 0 aliphatic heterocycles. The molecular formula is C27H37N3O4. The van der Waals surface area contributed by atoms with Crippen molar-refractivity contribution in [1.29, 1.82) is 0 Å². The summed E-state index contributed by atoms with van der Waals surface area (Å²) in [7, 11) is 1.85. The van der Waals surface area contributed by atoms with Crippen LogP contribution in [-0.2, 0) is 17.7 Å². The molecule has 0 spiro atoms. The van der Waals surface area contributed by atoms with Crippen LogP contribution in [0.3, 0.4) is 0 Å². The van der Waals surface area contributed by atoms with Gasteiger partial charge in [0.1, 0.15) is 24.8 Å². The molecule has 1 unspecified atom stereocenters. The van der Waals surface area contributed by atoms with Gasteiger partial charge in [0.25, 0.3) is 0 Å². The van der Waals surface area contributed by atoms with Crippen LogP contribution in [0.2, 0.25) is 0 Å². The molecule has 1 aliphatic carbocycles. The fourth-order valence-corrected chi connectivity index (χ4v) is 3.91. The standard InChI is InChI=1S/C27H37N3O4/c1-27(2,3)34-26(33)28-23(17-20-11-7-5-8-12-20)24(31)19-30(4,29-25(32)22-15-16-22)18-21-13-9-6-10-14-21/h5-14,22-24,31H,15-19H2,1-4H3,(H-,28,29,32,33)/t23-,24-,30?/m0/s1. The van der Waals surface area contributed by atoms with Crippen molar-refractivity contribution in [2.24, 2.45) is 11.0 Å². The minimum absolute atomic E-state index is 0.00179. The van der Waals surface area contributed by atoms with Crippen molar-refractivity contribution in [3.63, 3.8) is 0 Å². The number of nitrogens with zero attached hydrogens (tertiary/aromatic N) is 2. The number of amides is 1. The Morgan fingerprint density at radius 1 is 1.12 bits per heavy atom. The molecule has 0 aromatic heterocycles. The van der Waals surface area contributed by atoms with Crippen LogP contribution < -0.4 is 10.4 Å². The lowest BCUT2D eigenvalue weighted by atomic mass is 10.0. The topological polar surface area (TPSA) is 94.0 Å². The van der Waals surface area contributed by atoms with Gasteiger partial charge in [-0.3, -0.25) is 0 Å². The predicted molar refractivity (Wildman–Crippen MR) is 131 cm³/mol. The van der Waals surface area contributed by atoms with E-state index in [-0.39, 0.29) is 23.0 Å².